The molecule has 8 heteroatoms. The number of halogens is 3. The largest absolute Gasteiger partial charge is 0.529 e. The molecule has 0 amide bonds. The van der Waals surface area contributed by atoms with E-state index in [1.807, 2.05) is 6.07 Å². The van der Waals surface area contributed by atoms with Gasteiger partial charge in [-0.05, 0) is 18.2 Å². The molecule has 0 radical (unpaired) electrons. The van der Waals surface area contributed by atoms with Crippen molar-refractivity contribution < 1.29 is 18.1 Å². The Balaban J connectivity index is 3.12. The summed E-state index contributed by atoms with van der Waals surface area (Å²) in [5.74, 6) is 0.178. The fourth-order valence-electron chi connectivity index (χ4n) is 1.08. The van der Waals surface area contributed by atoms with Gasteiger partial charge in [0.05, 0.1) is 0 Å². The van der Waals surface area contributed by atoms with Gasteiger partial charge in [0.15, 0.2) is 5.76 Å². The Labute approximate surface area is 127 Å². The number of phosphoric acid groups is 1. The first-order valence-electron chi connectivity index (χ1n) is 4.62. The first-order chi connectivity index (χ1) is 8.45. The van der Waals surface area contributed by atoms with Gasteiger partial charge >= 0.3 is 7.82 Å². The molecule has 1 rings (SSSR count). The molecule has 0 aromatic heterocycles. The summed E-state index contributed by atoms with van der Waals surface area (Å²) in [6, 6.07) is 5.40. The minimum absolute atomic E-state index is 0.178. The van der Waals surface area contributed by atoms with Crippen LogP contribution in [-0.2, 0) is 18.1 Å². The van der Waals surface area contributed by atoms with Crippen LogP contribution in [0.25, 0.3) is 5.76 Å². The molecule has 1 aromatic carbocycles. The van der Waals surface area contributed by atoms with Crippen molar-refractivity contribution in [1.82, 2.24) is 0 Å². The fraction of sp³-hybridized carbons (Fsp3) is 0.200. The Morgan fingerprint density at radius 3 is 2.44 bits per heavy atom. The molecular weight excluding hydrogens is 410 g/mol. The van der Waals surface area contributed by atoms with Gasteiger partial charge in [-0.15, -0.1) is 0 Å². The van der Waals surface area contributed by atoms with Crippen LogP contribution in [0.5, 0.6) is 0 Å². The van der Waals surface area contributed by atoms with E-state index < -0.39 is 7.82 Å². The monoisotopic (exact) mass is 418 g/mol. The second kappa shape index (κ2) is 7.08. The molecule has 0 aliphatic heterocycles. The lowest BCUT2D eigenvalue weighted by molar-refractivity contribution is 0.201. The molecule has 0 atom stereocenters. The first kappa shape index (κ1) is 16.2. The molecule has 18 heavy (non-hydrogen) atoms. The Morgan fingerprint density at radius 1 is 1.33 bits per heavy atom. The summed E-state index contributed by atoms with van der Waals surface area (Å²) in [5, 5.41) is 0. The van der Waals surface area contributed by atoms with Gasteiger partial charge in [0.2, 0.25) is 0 Å². The number of phosphoric ester groups is 1. The third-order valence-electron chi connectivity index (χ3n) is 1.95. The standard InChI is InChI=1S/C10H10Br2ClO4P/c1-15-18(14,16-2)17-10(6-13)8-5-7(11)3-4-9(8)12/h3-6H,1-2H3/b10-6+. The van der Waals surface area contributed by atoms with E-state index in [2.05, 4.69) is 31.9 Å². The van der Waals surface area contributed by atoms with Crippen molar-refractivity contribution in [1.29, 1.82) is 0 Å². The molecule has 0 spiro atoms. The van der Waals surface area contributed by atoms with Gasteiger partial charge in [0, 0.05) is 34.3 Å². The zero-order chi connectivity index (χ0) is 13.8. The molecule has 0 aliphatic carbocycles. The van der Waals surface area contributed by atoms with Crippen LogP contribution in [0.3, 0.4) is 0 Å². The Bertz CT molecular complexity index is 499. The first-order valence-corrected chi connectivity index (χ1v) is 8.11. The minimum atomic E-state index is -3.64. The normalized spacial score (nSPS) is 12.6. The van der Waals surface area contributed by atoms with Crippen LogP contribution < -0.4 is 0 Å². The van der Waals surface area contributed by atoms with Crippen LogP contribution in [-0.4, -0.2) is 14.2 Å². The number of hydrogen-bond donors (Lipinski definition) is 0. The van der Waals surface area contributed by atoms with Crippen LogP contribution >= 0.6 is 51.3 Å². The lowest BCUT2D eigenvalue weighted by Crippen LogP contribution is -1.96. The zero-order valence-corrected chi connectivity index (χ0v) is 14.3. The predicted molar refractivity (Wildman–Crippen MR) is 78.4 cm³/mol. The van der Waals surface area contributed by atoms with Gasteiger partial charge in [-0.1, -0.05) is 43.5 Å². The highest BCUT2D eigenvalue weighted by atomic mass is 79.9. The van der Waals surface area contributed by atoms with E-state index in [1.165, 1.54) is 14.2 Å². The average molecular weight is 420 g/mol. The van der Waals surface area contributed by atoms with Crippen LogP contribution in [0, 0.1) is 0 Å². The number of benzene rings is 1. The van der Waals surface area contributed by atoms with Gasteiger partial charge in [-0.2, -0.15) is 0 Å². The van der Waals surface area contributed by atoms with Gasteiger partial charge in [-0.3, -0.25) is 9.05 Å². The summed E-state index contributed by atoms with van der Waals surface area (Å²) in [6.07, 6.45) is 0. The van der Waals surface area contributed by atoms with Gasteiger partial charge in [-0.25, -0.2) is 4.57 Å². The molecule has 0 fully saturated rings. The molecule has 1 aromatic rings. The Morgan fingerprint density at radius 2 is 1.94 bits per heavy atom. The maximum Gasteiger partial charge on any atom is 0.529 e. The van der Waals surface area contributed by atoms with Crippen molar-refractivity contribution in [2.75, 3.05) is 14.2 Å². The molecule has 0 bridgehead atoms. The summed E-state index contributed by atoms with van der Waals surface area (Å²) < 4.78 is 28.0. The van der Waals surface area contributed by atoms with E-state index in [1.54, 1.807) is 12.1 Å². The molecule has 0 saturated heterocycles. The molecule has 4 nitrogen and oxygen atoms in total. The predicted octanol–water partition coefficient (Wildman–Crippen LogP) is 5.17. The van der Waals surface area contributed by atoms with Crippen molar-refractivity contribution in [2.24, 2.45) is 0 Å². The highest BCUT2D eigenvalue weighted by molar-refractivity contribution is 9.11. The van der Waals surface area contributed by atoms with Crippen molar-refractivity contribution in [2.45, 2.75) is 0 Å². The maximum absolute atomic E-state index is 11.9. The molecule has 100 valence electrons. The lowest BCUT2D eigenvalue weighted by atomic mass is 10.2. The third kappa shape index (κ3) is 4.08. The smallest absolute Gasteiger partial charge is 0.402 e. The van der Waals surface area contributed by atoms with E-state index in [0.717, 1.165) is 14.5 Å². The van der Waals surface area contributed by atoms with Crippen LogP contribution in [0.4, 0.5) is 0 Å². The summed E-state index contributed by atoms with van der Waals surface area (Å²) in [5.41, 5.74) is 1.78. The van der Waals surface area contributed by atoms with E-state index >= 15 is 0 Å². The summed E-state index contributed by atoms with van der Waals surface area (Å²) in [4.78, 5) is 0. The van der Waals surface area contributed by atoms with Gasteiger partial charge in [0.25, 0.3) is 0 Å². The molecule has 0 unspecified atom stereocenters. The highest BCUT2D eigenvalue weighted by Gasteiger charge is 2.27. The van der Waals surface area contributed by atoms with Crippen molar-refractivity contribution >= 4 is 57.0 Å². The van der Waals surface area contributed by atoms with Crippen LogP contribution in [0.15, 0.2) is 32.7 Å². The molecule has 0 aliphatic rings. The SMILES string of the molecule is COP(=O)(OC)O/C(=C/Cl)c1cc(Br)ccc1Br. The third-order valence-corrected chi connectivity index (χ3v) is 4.65. The van der Waals surface area contributed by atoms with Crippen LogP contribution in [0.2, 0.25) is 0 Å². The van der Waals surface area contributed by atoms with E-state index in [-0.39, 0.29) is 5.76 Å². The highest BCUT2D eigenvalue weighted by Crippen LogP contribution is 2.52. The van der Waals surface area contributed by atoms with Crippen LogP contribution in [0.1, 0.15) is 5.56 Å². The van der Waals surface area contributed by atoms with E-state index in [0.29, 0.717) is 5.56 Å². The van der Waals surface area contributed by atoms with E-state index in [9.17, 15) is 4.57 Å². The van der Waals surface area contributed by atoms with Crippen molar-refractivity contribution in [3.8, 4) is 0 Å². The van der Waals surface area contributed by atoms with Gasteiger partial charge in [0.1, 0.15) is 0 Å². The quantitative estimate of drug-likeness (QED) is 0.487. The molecular formula is C10H10Br2ClO4P. The molecule has 0 heterocycles. The zero-order valence-electron chi connectivity index (χ0n) is 9.52. The fourth-order valence-corrected chi connectivity index (χ4v) is 2.80. The summed E-state index contributed by atoms with van der Waals surface area (Å²) >= 11 is 12.4. The lowest BCUT2D eigenvalue weighted by Gasteiger charge is -2.17. The second-order valence-corrected chi connectivity index (χ2v) is 6.80. The summed E-state index contributed by atoms with van der Waals surface area (Å²) in [6.45, 7) is 0. The Hall–Kier alpha value is 0.160. The van der Waals surface area contributed by atoms with Gasteiger partial charge < -0.3 is 4.52 Å². The van der Waals surface area contributed by atoms with E-state index in [4.69, 9.17) is 25.2 Å². The number of hydrogen-bond acceptors (Lipinski definition) is 4. The summed E-state index contributed by atoms with van der Waals surface area (Å²) in [7, 11) is -1.19. The minimum Gasteiger partial charge on any atom is -0.402 e. The number of rotatable bonds is 5. The molecule has 0 N–H and O–H groups in total. The van der Waals surface area contributed by atoms with Crippen molar-refractivity contribution in [3.63, 3.8) is 0 Å². The average Bonchev–Trinajstić information content (AvgIpc) is 2.39. The van der Waals surface area contributed by atoms with Crippen molar-refractivity contribution in [3.05, 3.63) is 38.2 Å². The maximum atomic E-state index is 11.9. The Kier molecular flexibility index (Phi) is 6.38. The second-order valence-electron chi connectivity index (χ2n) is 3.00. The molecule has 0 saturated carbocycles. The topological polar surface area (TPSA) is 44.8 Å².